The number of aryl methyl sites for hydroxylation is 1. The predicted octanol–water partition coefficient (Wildman–Crippen LogP) is 3.03. The van der Waals surface area contributed by atoms with Crippen LogP contribution in [0.5, 0.6) is 0 Å². The van der Waals surface area contributed by atoms with Gasteiger partial charge >= 0.3 is 0 Å². The van der Waals surface area contributed by atoms with Crippen LogP contribution in [0.2, 0.25) is 0 Å². The first-order valence-corrected chi connectivity index (χ1v) is 11.4. The highest BCUT2D eigenvalue weighted by molar-refractivity contribution is 5.93. The molecule has 0 aliphatic carbocycles. The van der Waals surface area contributed by atoms with Crippen LogP contribution in [0.15, 0.2) is 42.5 Å². The topological polar surface area (TPSA) is 117 Å². The van der Waals surface area contributed by atoms with E-state index < -0.39 is 4.92 Å². The summed E-state index contributed by atoms with van der Waals surface area (Å²) in [7, 11) is 0. The Kier molecular flexibility index (Phi) is 8.94. The van der Waals surface area contributed by atoms with Crippen molar-refractivity contribution in [3.8, 4) is 0 Å². The summed E-state index contributed by atoms with van der Waals surface area (Å²) in [5.74, 6) is -0.359. The Morgan fingerprint density at radius 3 is 2.41 bits per heavy atom. The number of amides is 2. The van der Waals surface area contributed by atoms with Gasteiger partial charge in [0.25, 0.3) is 5.69 Å². The average molecular weight is 470 g/mol. The van der Waals surface area contributed by atoms with E-state index in [9.17, 15) is 19.7 Å². The van der Waals surface area contributed by atoms with Gasteiger partial charge < -0.3 is 20.3 Å². The Labute approximate surface area is 199 Å². The molecule has 182 valence electrons. The van der Waals surface area contributed by atoms with Gasteiger partial charge in [-0.25, -0.2) is 0 Å². The number of hydrogen-bond acceptors (Lipinski definition) is 7. The summed E-state index contributed by atoms with van der Waals surface area (Å²) in [4.78, 5) is 39.4. The number of carbonyl (C=O) groups excluding carboxylic acids is 2. The standard InChI is InChI=1S/C24H31N5O5/c1-3-27(11-10-23(30)26-22-9-8-21(29(32)33)16-18(22)2)17-24(31)25-19-4-6-20(7-5-19)28-12-14-34-15-13-28/h4-9,16H,3,10-15,17H2,1-2H3,(H,25,31)(H,26,30). The molecule has 0 saturated carbocycles. The van der Waals surface area contributed by atoms with Gasteiger partial charge in [0.15, 0.2) is 0 Å². The van der Waals surface area contributed by atoms with Crippen molar-refractivity contribution < 1.29 is 19.2 Å². The molecule has 0 radical (unpaired) electrons. The number of carbonyl (C=O) groups is 2. The van der Waals surface area contributed by atoms with Crippen molar-refractivity contribution in [1.82, 2.24) is 4.90 Å². The molecule has 2 N–H and O–H groups in total. The highest BCUT2D eigenvalue weighted by Gasteiger charge is 2.15. The van der Waals surface area contributed by atoms with Crippen LogP contribution in [-0.4, -0.2) is 67.6 Å². The van der Waals surface area contributed by atoms with Gasteiger partial charge in [-0.3, -0.25) is 24.6 Å². The number of hydrogen-bond donors (Lipinski definition) is 2. The van der Waals surface area contributed by atoms with Crippen LogP contribution in [0, 0.1) is 17.0 Å². The fourth-order valence-electron chi connectivity index (χ4n) is 3.70. The Morgan fingerprint density at radius 2 is 1.79 bits per heavy atom. The minimum atomic E-state index is -0.471. The summed E-state index contributed by atoms with van der Waals surface area (Å²) in [6.07, 6.45) is 0.200. The van der Waals surface area contributed by atoms with Gasteiger partial charge in [0, 0.05) is 55.2 Å². The third-order valence-electron chi connectivity index (χ3n) is 5.69. The fourth-order valence-corrected chi connectivity index (χ4v) is 3.70. The van der Waals surface area contributed by atoms with E-state index in [1.54, 1.807) is 6.92 Å². The monoisotopic (exact) mass is 469 g/mol. The lowest BCUT2D eigenvalue weighted by molar-refractivity contribution is -0.384. The maximum absolute atomic E-state index is 12.5. The third-order valence-corrected chi connectivity index (χ3v) is 5.69. The molecule has 0 spiro atoms. The second-order valence-corrected chi connectivity index (χ2v) is 8.12. The Morgan fingerprint density at radius 1 is 1.09 bits per heavy atom. The minimum absolute atomic E-state index is 0.0191. The van der Waals surface area contributed by atoms with Crippen LogP contribution in [0.25, 0.3) is 0 Å². The molecule has 34 heavy (non-hydrogen) atoms. The third kappa shape index (κ3) is 7.26. The van der Waals surface area contributed by atoms with E-state index in [0.717, 1.165) is 37.7 Å². The van der Waals surface area contributed by atoms with Crippen LogP contribution < -0.4 is 15.5 Å². The summed E-state index contributed by atoms with van der Waals surface area (Å²) in [6.45, 7) is 7.99. The molecule has 2 aromatic carbocycles. The molecular weight excluding hydrogens is 438 g/mol. The van der Waals surface area contributed by atoms with E-state index in [0.29, 0.717) is 24.3 Å². The largest absolute Gasteiger partial charge is 0.378 e. The number of likely N-dealkylation sites (N-methyl/N-ethyl adjacent to an activating group) is 1. The van der Waals surface area contributed by atoms with Crippen molar-refractivity contribution in [1.29, 1.82) is 0 Å². The Hall–Kier alpha value is -3.50. The summed E-state index contributed by atoms with van der Waals surface area (Å²) in [5.41, 5.74) is 2.97. The zero-order valence-corrected chi connectivity index (χ0v) is 19.6. The van der Waals surface area contributed by atoms with Crippen molar-refractivity contribution in [2.75, 3.05) is 61.5 Å². The molecule has 2 aromatic rings. The molecule has 10 nitrogen and oxygen atoms in total. The number of ether oxygens (including phenoxy) is 1. The minimum Gasteiger partial charge on any atom is -0.378 e. The highest BCUT2D eigenvalue weighted by Crippen LogP contribution is 2.21. The predicted molar refractivity (Wildman–Crippen MR) is 131 cm³/mol. The number of anilines is 3. The van der Waals surface area contributed by atoms with Gasteiger partial charge in [-0.05, 0) is 49.4 Å². The van der Waals surface area contributed by atoms with E-state index in [4.69, 9.17) is 4.74 Å². The number of rotatable bonds is 10. The fraction of sp³-hybridized carbons (Fsp3) is 0.417. The SMILES string of the molecule is CCN(CCC(=O)Nc1ccc([N+](=O)[O-])cc1C)CC(=O)Nc1ccc(N2CCOCC2)cc1. The van der Waals surface area contributed by atoms with E-state index in [1.165, 1.54) is 18.2 Å². The van der Waals surface area contributed by atoms with Crippen LogP contribution in [0.4, 0.5) is 22.7 Å². The second-order valence-electron chi connectivity index (χ2n) is 8.12. The van der Waals surface area contributed by atoms with Crippen molar-refractivity contribution in [3.05, 3.63) is 58.1 Å². The first kappa shape index (κ1) is 25.1. The summed E-state index contributed by atoms with van der Waals surface area (Å²) < 4.78 is 5.38. The molecule has 2 amide bonds. The molecule has 0 unspecified atom stereocenters. The Bertz CT molecular complexity index is 1010. The van der Waals surface area contributed by atoms with Crippen molar-refractivity contribution in [3.63, 3.8) is 0 Å². The number of nitro benzene ring substituents is 1. The van der Waals surface area contributed by atoms with Crippen LogP contribution in [0.3, 0.4) is 0 Å². The van der Waals surface area contributed by atoms with Crippen LogP contribution in [-0.2, 0) is 14.3 Å². The number of nitrogens with one attached hydrogen (secondary N) is 2. The number of nitro groups is 1. The molecule has 1 heterocycles. The van der Waals surface area contributed by atoms with E-state index in [-0.39, 0.29) is 30.5 Å². The molecule has 1 aliphatic heterocycles. The molecule has 1 saturated heterocycles. The van der Waals surface area contributed by atoms with E-state index in [2.05, 4.69) is 15.5 Å². The molecule has 0 aromatic heterocycles. The quantitative estimate of drug-likeness (QED) is 0.406. The lowest BCUT2D eigenvalue weighted by Crippen LogP contribution is -2.36. The van der Waals surface area contributed by atoms with Crippen molar-refractivity contribution >= 4 is 34.6 Å². The van der Waals surface area contributed by atoms with Crippen molar-refractivity contribution in [2.24, 2.45) is 0 Å². The summed E-state index contributed by atoms with van der Waals surface area (Å²) >= 11 is 0. The smallest absolute Gasteiger partial charge is 0.269 e. The maximum atomic E-state index is 12.5. The van der Waals surface area contributed by atoms with Gasteiger partial charge in [-0.2, -0.15) is 0 Å². The molecule has 1 fully saturated rings. The maximum Gasteiger partial charge on any atom is 0.269 e. The number of nitrogens with zero attached hydrogens (tertiary/aromatic N) is 3. The average Bonchev–Trinajstić information content (AvgIpc) is 2.84. The number of morpholine rings is 1. The van der Waals surface area contributed by atoms with E-state index >= 15 is 0 Å². The van der Waals surface area contributed by atoms with Crippen LogP contribution >= 0.6 is 0 Å². The first-order chi connectivity index (χ1) is 16.4. The summed E-state index contributed by atoms with van der Waals surface area (Å²) in [6, 6.07) is 12.1. The van der Waals surface area contributed by atoms with Gasteiger partial charge in [0.1, 0.15) is 0 Å². The Balaban J connectivity index is 1.45. The molecular formula is C24H31N5O5. The van der Waals surface area contributed by atoms with E-state index in [1.807, 2.05) is 36.1 Å². The van der Waals surface area contributed by atoms with Crippen LogP contribution in [0.1, 0.15) is 18.9 Å². The van der Waals surface area contributed by atoms with Gasteiger partial charge in [0.2, 0.25) is 11.8 Å². The van der Waals surface area contributed by atoms with Crippen molar-refractivity contribution in [2.45, 2.75) is 20.3 Å². The molecule has 0 atom stereocenters. The normalized spacial score (nSPS) is 13.6. The molecule has 3 rings (SSSR count). The molecule has 1 aliphatic rings. The summed E-state index contributed by atoms with van der Waals surface area (Å²) in [5, 5.41) is 16.5. The second kappa shape index (κ2) is 12.1. The van der Waals surface area contributed by atoms with Gasteiger partial charge in [-0.15, -0.1) is 0 Å². The lowest BCUT2D eigenvalue weighted by atomic mass is 10.1. The number of benzene rings is 2. The first-order valence-electron chi connectivity index (χ1n) is 11.4. The molecule has 0 bridgehead atoms. The zero-order valence-electron chi connectivity index (χ0n) is 19.6. The van der Waals surface area contributed by atoms with Gasteiger partial charge in [0.05, 0.1) is 24.7 Å². The number of non-ortho nitro benzene ring substituents is 1. The lowest BCUT2D eigenvalue weighted by Gasteiger charge is -2.29. The highest BCUT2D eigenvalue weighted by atomic mass is 16.6. The molecule has 10 heteroatoms. The zero-order chi connectivity index (χ0) is 24.5. The van der Waals surface area contributed by atoms with Gasteiger partial charge in [-0.1, -0.05) is 6.92 Å².